The smallest absolute Gasteiger partial charge is 0.120 e. The minimum absolute atomic E-state index is 0.244. The van der Waals surface area contributed by atoms with E-state index in [4.69, 9.17) is 10.5 Å². The highest BCUT2D eigenvalue weighted by Crippen LogP contribution is 2.43. The fourth-order valence-corrected chi connectivity index (χ4v) is 3.70. The van der Waals surface area contributed by atoms with Gasteiger partial charge in [-0.2, -0.15) is 0 Å². The van der Waals surface area contributed by atoms with Gasteiger partial charge < -0.3 is 10.5 Å². The Bertz CT molecular complexity index is 460. The molecule has 1 aliphatic carbocycles. The molecule has 118 valence electrons. The zero-order valence-electron chi connectivity index (χ0n) is 13.4. The molecule has 2 N–H and O–H groups in total. The molecule has 0 spiro atoms. The predicted molar refractivity (Wildman–Crippen MR) is 92.5 cm³/mol. The van der Waals surface area contributed by atoms with Crippen LogP contribution in [-0.4, -0.2) is 12.6 Å². The van der Waals surface area contributed by atoms with Gasteiger partial charge in [0.1, 0.15) is 11.9 Å². The number of benzene rings is 1. The van der Waals surface area contributed by atoms with Crippen molar-refractivity contribution in [2.75, 3.05) is 6.54 Å². The summed E-state index contributed by atoms with van der Waals surface area (Å²) in [5.74, 6) is 2.15. The van der Waals surface area contributed by atoms with Crippen molar-refractivity contribution >= 4 is 15.9 Å². The summed E-state index contributed by atoms with van der Waals surface area (Å²) in [5, 5.41) is 0. The molecule has 1 fully saturated rings. The van der Waals surface area contributed by atoms with Crippen molar-refractivity contribution in [1.82, 2.24) is 0 Å². The molecule has 1 aliphatic rings. The summed E-state index contributed by atoms with van der Waals surface area (Å²) in [6.45, 7) is 7.78. The maximum atomic E-state index is 6.30. The first-order chi connectivity index (χ1) is 9.96. The van der Waals surface area contributed by atoms with E-state index < -0.39 is 0 Å². The molecule has 0 amide bonds. The van der Waals surface area contributed by atoms with E-state index in [0.29, 0.717) is 11.3 Å². The number of nitrogens with two attached hydrogens (primary N) is 1. The lowest BCUT2D eigenvalue weighted by molar-refractivity contribution is 0.0259. The van der Waals surface area contributed by atoms with E-state index in [1.54, 1.807) is 0 Å². The lowest BCUT2D eigenvalue weighted by Crippen LogP contribution is -2.42. The fourth-order valence-electron chi connectivity index (χ4n) is 3.32. The van der Waals surface area contributed by atoms with Crippen molar-refractivity contribution in [2.24, 2.45) is 23.0 Å². The van der Waals surface area contributed by atoms with Crippen LogP contribution in [0.25, 0.3) is 0 Å². The first-order valence-electron chi connectivity index (χ1n) is 8.08. The normalized spacial score (nSPS) is 26.6. The maximum absolute atomic E-state index is 6.30. The zero-order valence-corrected chi connectivity index (χ0v) is 15.0. The summed E-state index contributed by atoms with van der Waals surface area (Å²) in [4.78, 5) is 0. The van der Waals surface area contributed by atoms with Crippen LogP contribution in [0.15, 0.2) is 28.7 Å². The van der Waals surface area contributed by atoms with Gasteiger partial charge in [0.15, 0.2) is 0 Å². The van der Waals surface area contributed by atoms with E-state index in [2.05, 4.69) is 36.7 Å². The molecule has 0 saturated heterocycles. The summed E-state index contributed by atoms with van der Waals surface area (Å²) >= 11 is 3.51. The minimum atomic E-state index is 0.244. The van der Waals surface area contributed by atoms with Crippen LogP contribution in [-0.2, 0) is 0 Å². The van der Waals surface area contributed by atoms with Crippen LogP contribution in [0.1, 0.15) is 46.5 Å². The van der Waals surface area contributed by atoms with E-state index in [9.17, 15) is 0 Å². The lowest BCUT2D eigenvalue weighted by Gasteiger charge is -2.42. The van der Waals surface area contributed by atoms with Gasteiger partial charge in [-0.25, -0.2) is 0 Å². The molecule has 1 aromatic carbocycles. The highest BCUT2D eigenvalue weighted by atomic mass is 79.9. The Balaban J connectivity index is 2.10. The number of ether oxygens (including phenoxy) is 1. The van der Waals surface area contributed by atoms with Crippen LogP contribution in [0, 0.1) is 17.3 Å². The van der Waals surface area contributed by atoms with Crippen LogP contribution in [0.4, 0.5) is 0 Å². The molecule has 0 aromatic heterocycles. The van der Waals surface area contributed by atoms with E-state index in [1.807, 2.05) is 24.3 Å². The third kappa shape index (κ3) is 4.23. The monoisotopic (exact) mass is 353 g/mol. The van der Waals surface area contributed by atoms with Gasteiger partial charge in [-0.1, -0.05) is 49.2 Å². The molecule has 3 heteroatoms. The summed E-state index contributed by atoms with van der Waals surface area (Å²) in [7, 11) is 0. The van der Waals surface area contributed by atoms with Crippen molar-refractivity contribution in [3.63, 3.8) is 0 Å². The molecule has 2 nitrogen and oxygen atoms in total. The molecule has 1 aromatic rings. The molecule has 0 aliphatic heterocycles. The first kappa shape index (κ1) is 16.8. The molecular weight excluding hydrogens is 326 g/mol. The molecule has 0 bridgehead atoms. The predicted octanol–water partition coefficient (Wildman–Crippen LogP) is 5.01. The maximum Gasteiger partial charge on any atom is 0.120 e. The quantitative estimate of drug-likeness (QED) is 0.807. The second-order valence-electron chi connectivity index (χ2n) is 6.96. The second-order valence-corrected chi connectivity index (χ2v) is 7.88. The summed E-state index contributed by atoms with van der Waals surface area (Å²) in [6, 6.07) is 8.12. The van der Waals surface area contributed by atoms with Gasteiger partial charge >= 0.3 is 0 Å². The van der Waals surface area contributed by atoms with Gasteiger partial charge in [-0.05, 0) is 55.3 Å². The second kappa shape index (κ2) is 7.15. The SMILES string of the molecule is CCC(C)(C)C1CCC(CN)C(Oc2cccc(Br)c2)C1. The molecule has 3 unspecified atom stereocenters. The number of rotatable bonds is 5. The average molecular weight is 354 g/mol. The van der Waals surface area contributed by atoms with Crippen molar-refractivity contribution in [3.8, 4) is 5.75 Å². The average Bonchev–Trinajstić information content (AvgIpc) is 2.47. The molecule has 0 radical (unpaired) electrons. The van der Waals surface area contributed by atoms with Crippen LogP contribution >= 0.6 is 15.9 Å². The van der Waals surface area contributed by atoms with Crippen LogP contribution in [0.2, 0.25) is 0 Å². The van der Waals surface area contributed by atoms with Crippen LogP contribution < -0.4 is 10.5 Å². The van der Waals surface area contributed by atoms with E-state index >= 15 is 0 Å². The third-order valence-electron chi connectivity index (χ3n) is 5.33. The molecule has 3 atom stereocenters. The molecule has 2 rings (SSSR count). The van der Waals surface area contributed by atoms with Gasteiger partial charge in [-0.15, -0.1) is 0 Å². The molecule has 21 heavy (non-hydrogen) atoms. The van der Waals surface area contributed by atoms with Crippen molar-refractivity contribution in [3.05, 3.63) is 28.7 Å². The Hall–Kier alpha value is -0.540. The minimum Gasteiger partial charge on any atom is -0.490 e. The molecule has 0 heterocycles. The van der Waals surface area contributed by atoms with Crippen molar-refractivity contribution in [1.29, 1.82) is 0 Å². The van der Waals surface area contributed by atoms with Crippen LogP contribution in [0.5, 0.6) is 5.75 Å². The third-order valence-corrected chi connectivity index (χ3v) is 5.82. The lowest BCUT2D eigenvalue weighted by atomic mass is 9.66. The van der Waals surface area contributed by atoms with E-state index in [0.717, 1.165) is 29.1 Å². The van der Waals surface area contributed by atoms with Crippen molar-refractivity contribution in [2.45, 2.75) is 52.6 Å². The molecular formula is C18H28BrNO. The number of hydrogen-bond donors (Lipinski definition) is 1. The van der Waals surface area contributed by atoms with Gasteiger partial charge in [0.25, 0.3) is 0 Å². The van der Waals surface area contributed by atoms with Crippen LogP contribution in [0.3, 0.4) is 0 Å². The van der Waals surface area contributed by atoms with Gasteiger partial charge in [0.2, 0.25) is 0 Å². The number of halogens is 1. The first-order valence-corrected chi connectivity index (χ1v) is 8.88. The Morgan fingerprint density at radius 3 is 2.71 bits per heavy atom. The summed E-state index contributed by atoms with van der Waals surface area (Å²) < 4.78 is 7.36. The summed E-state index contributed by atoms with van der Waals surface area (Å²) in [5.41, 5.74) is 6.36. The number of hydrogen-bond acceptors (Lipinski definition) is 2. The summed E-state index contributed by atoms with van der Waals surface area (Å²) in [6.07, 6.45) is 5.04. The Morgan fingerprint density at radius 1 is 1.33 bits per heavy atom. The van der Waals surface area contributed by atoms with Gasteiger partial charge in [-0.3, -0.25) is 0 Å². The Labute approximate surface area is 137 Å². The highest BCUT2D eigenvalue weighted by molar-refractivity contribution is 9.10. The van der Waals surface area contributed by atoms with Gasteiger partial charge in [0, 0.05) is 10.4 Å². The Kier molecular flexibility index (Phi) is 5.73. The zero-order chi connectivity index (χ0) is 15.5. The van der Waals surface area contributed by atoms with Crippen molar-refractivity contribution < 1.29 is 4.74 Å². The molecule has 1 saturated carbocycles. The fraction of sp³-hybridized carbons (Fsp3) is 0.667. The van der Waals surface area contributed by atoms with E-state index in [1.165, 1.54) is 19.3 Å². The topological polar surface area (TPSA) is 35.2 Å². The largest absolute Gasteiger partial charge is 0.490 e. The van der Waals surface area contributed by atoms with E-state index in [-0.39, 0.29) is 6.10 Å². The Morgan fingerprint density at radius 2 is 2.10 bits per heavy atom. The van der Waals surface area contributed by atoms with Gasteiger partial charge in [0.05, 0.1) is 0 Å². The highest BCUT2D eigenvalue weighted by Gasteiger charge is 2.37. The standard InChI is InChI=1S/C18H28BrNO/c1-4-18(2,3)14-9-8-13(12-20)17(10-14)21-16-7-5-6-15(19)11-16/h5-7,11,13-14,17H,4,8-10,12,20H2,1-3H3.